The van der Waals surface area contributed by atoms with E-state index in [0.29, 0.717) is 0 Å². The molecule has 0 spiro atoms. The van der Waals surface area contributed by atoms with Crippen molar-refractivity contribution in [2.45, 2.75) is 12.3 Å². The van der Waals surface area contributed by atoms with Gasteiger partial charge in [0.25, 0.3) is 0 Å². The highest BCUT2D eigenvalue weighted by atomic mass is 35.5. The summed E-state index contributed by atoms with van der Waals surface area (Å²) in [5.74, 6) is 0. The third-order valence-corrected chi connectivity index (χ3v) is 3.99. The Morgan fingerprint density at radius 1 is 0.941 bits per heavy atom. The molecule has 2 heteroatoms. The molecule has 0 heterocycles. The van der Waals surface area contributed by atoms with E-state index < -0.39 is 5.41 Å². The van der Waals surface area contributed by atoms with Gasteiger partial charge in [0, 0.05) is 0 Å². The molecule has 0 radical (unpaired) electrons. The van der Waals surface area contributed by atoms with Gasteiger partial charge in [-0.05, 0) is 40.8 Å². The van der Waals surface area contributed by atoms with Crippen LogP contribution in [0.5, 0.6) is 0 Å². The molecule has 17 heavy (non-hydrogen) atoms. The minimum atomic E-state index is -0.714. The van der Waals surface area contributed by atoms with Crippen molar-refractivity contribution < 1.29 is 4.79 Å². The van der Waals surface area contributed by atoms with Gasteiger partial charge in [-0.2, -0.15) is 0 Å². The highest BCUT2D eigenvalue weighted by molar-refractivity contribution is 6.66. The van der Waals surface area contributed by atoms with Crippen LogP contribution < -0.4 is 0 Å². The van der Waals surface area contributed by atoms with Crippen molar-refractivity contribution in [1.29, 1.82) is 0 Å². The third-order valence-electron chi connectivity index (χ3n) is 3.61. The van der Waals surface area contributed by atoms with Crippen LogP contribution in [0.2, 0.25) is 0 Å². The Bertz CT molecular complexity index is 570. The average Bonchev–Trinajstić information content (AvgIpc) is 2.63. The molecule has 0 N–H and O–H groups in total. The van der Waals surface area contributed by atoms with Crippen LogP contribution in [-0.4, -0.2) is 5.24 Å². The number of halogens is 1. The molecule has 0 atom stereocenters. The Labute approximate surface area is 105 Å². The van der Waals surface area contributed by atoms with Crippen molar-refractivity contribution in [3.05, 3.63) is 59.7 Å². The van der Waals surface area contributed by atoms with Crippen molar-refractivity contribution in [3.63, 3.8) is 0 Å². The number of benzene rings is 2. The molecule has 0 fully saturated rings. The highest BCUT2D eigenvalue weighted by Crippen LogP contribution is 2.49. The molecular weight excluding hydrogens is 233 g/mol. The lowest BCUT2D eigenvalue weighted by atomic mass is 9.88. The summed E-state index contributed by atoms with van der Waals surface area (Å²) in [4.78, 5) is 11.9. The van der Waals surface area contributed by atoms with E-state index in [4.69, 9.17) is 11.6 Å². The number of hydrogen-bond acceptors (Lipinski definition) is 1. The van der Waals surface area contributed by atoms with Crippen LogP contribution in [0.15, 0.2) is 48.5 Å². The maximum Gasteiger partial charge on any atom is 0.236 e. The number of rotatable bonds is 1. The molecular formula is C15H11ClO. The van der Waals surface area contributed by atoms with E-state index in [0.717, 1.165) is 22.3 Å². The zero-order chi connectivity index (χ0) is 12.0. The molecule has 1 aliphatic carbocycles. The second kappa shape index (κ2) is 3.44. The summed E-state index contributed by atoms with van der Waals surface area (Å²) in [5.41, 5.74) is 3.51. The fourth-order valence-corrected chi connectivity index (χ4v) is 2.87. The van der Waals surface area contributed by atoms with Crippen LogP contribution in [0.4, 0.5) is 0 Å². The van der Waals surface area contributed by atoms with Gasteiger partial charge in [0.2, 0.25) is 5.24 Å². The van der Waals surface area contributed by atoms with Crippen LogP contribution in [0.25, 0.3) is 11.1 Å². The second-order valence-corrected chi connectivity index (χ2v) is 4.83. The molecule has 1 nitrogen and oxygen atoms in total. The van der Waals surface area contributed by atoms with Crippen molar-refractivity contribution in [2.24, 2.45) is 0 Å². The van der Waals surface area contributed by atoms with Crippen LogP contribution in [0, 0.1) is 0 Å². The van der Waals surface area contributed by atoms with Crippen molar-refractivity contribution in [1.82, 2.24) is 0 Å². The molecule has 0 unspecified atom stereocenters. The van der Waals surface area contributed by atoms with E-state index >= 15 is 0 Å². The van der Waals surface area contributed by atoms with Crippen molar-refractivity contribution in [3.8, 4) is 11.1 Å². The number of hydrogen-bond donors (Lipinski definition) is 0. The summed E-state index contributed by atoms with van der Waals surface area (Å²) < 4.78 is 0. The Kier molecular flexibility index (Phi) is 2.14. The van der Waals surface area contributed by atoms with Gasteiger partial charge >= 0.3 is 0 Å². The lowest BCUT2D eigenvalue weighted by Gasteiger charge is -2.22. The molecule has 3 rings (SSSR count). The first-order valence-corrected chi connectivity index (χ1v) is 5.93. The minimum absolute atomic E-state index is 0.324. The van der Waals surface area contributed by atoms with E-state index in [-0.39, 0.29) is 5.24 Å². The summed E-state index contributed by atoms with van der Waals surface area (Å²) in [6.07, 6.45) is 0. The molecule has 84 valence electrons. The van der Waals surface area contributed by atoms with Gasteiger partial charge in [0.15, 0.2) is 0 Å². The Morgan fingerprint density at radius 3 is 1.76 bits per heavy atom. The molecule has 0 aliphatic heterocycles. The molecule has 0 saturated carbocycles. The monoisotopic (exact) mass is 243 g/mol. The topological polar surface area (TPSA) is 17.1 Å². The van der Waals surface area contributed by atoms with Gasteiger partial charge in [-0.1, -0.05) is 48.5 Å². The van der Waals surface area contributed by atoms with E-state index in [1.807, 2.05) is 55.5 Å². The average molecular weight is 244 g/mol. The smallest absolute Gasteiger partial charge is 0.236 e. The zero-order valence-electron chi connectivity index (χ0n) is 9.41. The fourth-order valence-electron chi connectivity index (χ4n) is 2.66. The first-order valence-electron chi connectivity index (χ1n) is 5.55. The summed E-state index contributed by atoms with van der Waals surface area (Å²) >= 11 is 5.84. The molecule has 0 amide bonds. The number of fused-ring (bicyclic) bond motifs is 3. The molecule has 1 aliphatic rings. The summed E-state index contributed by atoms with van der Waals surface area (Å²) in [5, 5.41) is -0.324. The molecule has 0 bridgehead atoms. The highest BCUT2D eigenvalue weighted by Gasteiger charge is 2.43. The lowest BCUT2D eigenvalue weighted by molar-refractivity contribution is -0.114. The molecule has 2 aromatic rings. The Balaban J connectivity index is 2.43. The summed E-state index contributed by atoms with van der Waals surface area (Å²) in [6.45, 7) is 1.90. The van der Waals surface area contributed by atoms with E-state index in [1.54, 1.807) is 0 Å². The summed E-state index contributed by atoms with van der Waals surface area (Å²) in [6, 6.07) is 15.9. The normalized spacial score (nSPS) is 15.2. The van der Waals surface area contributed by atoms with Gasteiger partial charge in [0.1, 0.15) is 0 Å². The van der Waals surface area contributed by atoms with E-state index in [9.17, 15) is 4.79 Å². The SMILES string of the molecule is CC1([13C](=O)Cl)c2ccccc2-c2ccccc21. The zero-order valence-corrected chi connectivity index (χ0v) is 10.2. The van der Waals surface area contributed by atoms with Gasteiger partial charge in [-0.15, -0.1) is 0 Å². The predicted molar refractivity (Wildman–Crippen MR) is 69.2 cm³/mol. The first kappa shape index (κ1) is 10.5. The van der Waals surface area contributed by atoms with Crippen LogP contribution >= 0.6 is 11.6 Å². The quantitative estimate of drug-likeness (QED) is 0.551. The lowest BCUT2D eigenvalue weighted by Crippen LogP contribution is -2.27. The van der Waals surface area contributed by atoms with Crippen molar-refractivity contribution >= 4 is 16.8 Å². The minimum Gasteiger partial charge on any atom is -0.280 e. The van der Waals surface area contributed by atoms with E-state index in [2.05, 4.69) is 0 Å². The Hall–Kier alpha value is -1.60. The Morgan fingerprint density at radius 2 is 1.35 bits per heavy atom. The molecule has 0 aromatic heterocycles. The maximum atomic E-state index is 11.9. The van der Waals surface area contributed by atoms with Crippen LogP contribution in [-0.2, 0) is 10.2 Å². The second-order valence-electron chi connectivity index (χ2n) is 4.49. The van der Waals surface area contributed by atoms with Gasteiger partial charge in [0.05, 0.1) is 5.41 Å². The number of carbonyl (C=O) groups is 1. The summed E-state index contributed by atoms with van der Waals surface area (Å²) in [7, 11) is 0. The van der Waals surface area contributed by atoms with Gasteiger partial charge < -0.3 is 0 Å². The molecule has 0 saturated heterocycles. The van der Waals surface area contributed by atoms with Crippen LogP contribution in [0.3, 0.4) is 0 Å². The van der Waals surface area contributed by atoms with Gasteiger partial charge in [-0.3, -0.25) is 4.79 Å². The largest absolute Gasteiger partial charge is 0.280 e. The van der Waals surface area contributed by atoms with Crippen LogP contribution in [0.1, 0.15) is 18.1 Å². The maximum absolute atomic E-state index is 11.9. The predicted octanol–water partition coefficient (Wildman–Crippen LogP) is 3.74. The fraction of sp³-hybridized carbons (Fsp3) is 0.133. The third kappa shape index (κ3) is 1.23. The van der Waals surface area contributed by atoms with Gasteiger partial charge in [-0.25, -0.2) is 0 Å². The molecule has 2 aromatic carbocycles. The van der Waals surface area contributed by atoms with Crippen molar-refractivity contribution in [2.75, 3.05) is 0 Å². The standard InChI is InChI=1S/C15H11ClO/c1-15(14(16)17)12-8-4-2-6-10(12)11-7-3-5-9-13(11)15/h2-9H,1H3/i14+1. The van der Waals surface area contributed by atoms with E-state index in [1.165, 1.54) is 0 Å². The first-order chi connectivity index (χ1) is 8.15. The number of carbonyl (C=O) groups excluding carboxylic acids is 1.